The van der Waals surface area contributed by atoms with E-state index in [1.807, 2.05) is 0 Å². The number of hydrogen-bond donors (Lipinski definition) is 0. The second kappa shape index (κ2) is 11.7. The van der Waals surface area contributed by atoms with Gasteiger partial charge in [0.25, 0.3) is 0 Å². The molecular formula is C33H48. The van der Waals surface area contributed by atoms with Gasteiger partial charge in [-0.1, -0.05) is 101 Å². The third-order valence-corrected chi connectivity index (χ3v) is 9.21. The molecule has 0 unspecified atom stereocenters. The Kier molecular flexibility index (Phi) is 8.72. The van der Waals surface area contributed by atoms with Gasteiger partial charge in [0.1, 0.15) is 0 Å². The first-order valence-corrected chi connectivity index (χ1v) is 14.3. The molecule has 0 bridgehead atoms. The Bertz CT molecular complexity index is 811. The molecule has 0 saturated heterocycles. The molecule has 2 fully saturated rings. The third-order valence-electron chi connectivity index (χ3n) is 9.21. The molecule has 2 aromatic carbocycles. The van der Waals surface area contributed by atoms with Crippen molar-refractivity contribution in [2.75, 3.05) is 0 Å². The topological polar surface area (TPSA) is 0 Å². The summed E-state index contributed by atoms with van der Waals surface area (Å²) in [7, 11) is 0. The van der Waals surface area contributed by atoms with Gasteiger partial charge in [0.05, 0.1) is 0 Å². The minimum absolute atomic E-state index is 0.598. The highest BCUT2D eigenvalue weighted by Crippen LogP contribution is 2.45. The number of hydrogen-bond acceptors (Lipinski definition) is 0. The number of rotatable bonds is 9. The molecule has 2 aliphatic rings. The van der Waals surface area contributed by atoms with E-state index in [9.17, 15) is 0 Å². The molecule has 0 atom stereocenters. The van der Waals surface area contributed by atoms with E-state index in [2.05, 4.69) is 69.3 Å². The lowest BCUT2D eigenvalue weighted by Gasteiger charge is -2.37. The van der Waals surface area contributed by atoms with Crippen molar-refractivity contribution in [3.05, 3.63) is 59.7 Å². The van der Waals surface area contributed by atoms with Crippen LogP contribution in [0.15, 0.2) is 48.5 Å². The van der Waals surface area contributed by atoms with E-state index in [0.29, 0.717) is 5.41 Å². The molecule has 0 radical (unpaired) electrons. The second-order valence-corrected chi connectivity index (χ2v) is 11.8. The van der Waals surface area contributed by atoms with Crippen LogP contribution in [-0.4, -0.2) is 0 Å². The molecule has 0 heteroatoms. The molecule has 0 nitrogen and oxygen atoms in total. The summed E-state index contributed by atoms with van der Waals surface area (Å²) in [5.41, 5.74) is 6.47. The first-order valence-electron chi connectivity index (χ1n) is 14.3. The minimum atomic E-state index is 0.598. The molecule has 2 aliphatic carbocycles. The zero-order valence-electron chi connectivity index (χ0n) is 21.8. The van der Waals surface area contributed by atoms with Crippen LogP contribution in [0.1, 0.15) is 134 Å². The van der Waals surface area contributed by atoms with Crippen LogP contribution in [0.5, 0.6) is 0 Å². The van der Waals surface area contributed by atoms with E-state index in [0.717, 1.165) is 17.8 Å². The monoisotopic (exact) mass is 444 g/mol. The van der Waals surface area contributed by atoms with Crippen LogP contribution in [0.3, 0.4) is 0 Å². The molecule has 4 rings (SSSR count). The van der Waals surface area contributed by atoms with Crippen molar-refractivity contribution in [3.63, 3.8) is 0 Å². The molecule has 0 spiro atoms. The Labute approximate surface area is 204 Å². The van der Waals surface area contributed by atoms with Crippen molar-refractivity contribution < 1.29 is 0 Å². The fraction of sp³-hybridized carbons (Fsp3) is 0.636. The zero-order valence-corrected chi connectivity index (χ0v) is 21.8. The average Bonchev–Trinajstić information content (AvgIpc) is 2.85. The second-order valence-electron chi connectivity index (χ2n) is 11.8. The van der Waals surface area contributed by atoms with Gasteiger partial charge in [-0.3, -0.25) is 0 Å². The fourth-order valence-electron chi connectivity index (χ4n) is 6.86. The van der Waals surface area contributed by atoms with E-state index >= 15 is 0 Å². The molecule has 0 amide bonds. The van der Waals surface area contributed by atoms with Crippen LogP contribution in [0.4, 0.5) is 0 Å². The van der Waals surface area contributed by atoms with Gasteiger partial charge in [-0.2, -0.15) is 0 Å². The van der Waals surface area contributed by atoms with Gasteiger partial charge in [0, 0.05) is 0 Å². The molecular weight excluding hydrogens is 396 g/mol. The summed E-state index contributed by atoms with van der Waals surface area (Å²) in [6, 6.07) is 19.1. The molecule has 2 aromatic rings. The predicted molar refractivity (Wildman–Crippen MR) is 145 cm³/mol. The normalized spacial score (nSPS) is 28.0. The maximum atomic E-state index is 2.51. The summed E-state index contributed by atoms with van der Waals surface area (Å²) < 4.78 is 0. The molecule has 33 heavy (non-hydrogen) atoms. The van der Waals surface area contributed by atoms with Gasteiger partial charge >= 0.3 is 0 Å². The third kappa shape index (κ3) is 6.52. The highest BCUT2D eigenvalue weighted by atomic mass is 14.4. The van der Waals surface area contributed by atoms with Crippen molar-refractivity contribution in [2.24, 2.45) is 11.3 Å². The van der Waals surface area contributed by atoms with Gasteiger partial charge in [-0.15, -0.1) is 0 Å². The largest absolute Gasteiger partial charge is 0.0654 e. The first-order chi connectivity index (χ1) is 16.1. The lowest BCUT2D eigenvalue weighted by Crippen LogP contribution is -2.23. The quantitative estimate of drug-likeness (QED) is 0.337. The van der Waals surface area contributed by atoms with Gasteiger partial charge in [-0.05, 0) is 103 Å². The van der Waals surface area contributed by atoms with Crippen LogP contribution >= 0.6 is 0 Å². The van der Waals surface area contributed by atoms with Crippen LogP contribution in [-0.2, 0) is 0 Å². The van der Waals surface area contributed by atoms with Crippen LogP contribution in [0, 0.1) is 11.3 Å². The molecule has 0 heterocycles. The molecule has 180 valence electrons. The highest BCUT2D eigenvalue weighted by Gasteiger charge is 2.30. The van der Waals surface area contributed by atoms with E-state index in [-0.39, 0.29) is 0 Å². The summed E-state index contributed by atoms with van der Waals surface area (Å²) in [4.78, 5) is 0. The Hall–Kier alpha value is -1.56. The van der Waals surface area contributed by atoms with Crippen molar-refractivity contribution in [2.45, 2.75) is 122 Å². The number of unbranched alkanes of at least 4 members (excludes halogenated alkanes) is 2. The van der Waals surface area contributed by atoms with E-state index < -0.39 is 0 Å². The lowest BCUT2D eigenvalue weighted by atomic mass is 9.68. The smallest absolute Gasteiger partial charge is 0.0162 e. The lowest BCUT2D eigenvalue weighted by molar-refractivity contribution is 0.182. The minimum Gasteiger partial charge on any atom is -0.0654 e. The van der Waals surface area contributed by atoms with E-state index in [4.69, 9.17) is 0 Å². The van der Waals surface area contributed by atoms with E-state index in [1.54, 1.807) is 11.1 Å². The first kappa shape index (κ1) is 24.6. The number of benzene rings is 2. The summed E-state index contributed by atoms with van der Waals surface area (Å²) in [6.07, 6.45) is 19.6. The van der Waals surface area contributed by atoms with Crippen LogP contribution in [0.25, 0.3) is 11.1 Å². The average molecular weight is 445 g/mol. The Morgan fingerprint density at radius 2 is 1.15 bits per heavy atom. The van der Waals surface area contributed by atoms with Gasteiger partial charge < -0.3 is 0 Å². The Morgan fingerprint density at radius 3 is 1.64 bits per heavy atom. The Morgan fingerprint density at radius 1 is 0.636 bits per heavy atom. The van der Waals surface area contributed by atoms with E-state index in [1.165, 1.54) is 101 Å². The molecule has 0 aliphatic heterocycles. The zero-order chi connectivity index (χ0) is 23.1. The van der Waals surface area contributed by atoms with Crippen molar-refractivity contribution in [1.82, 2.24) is 0 Å². The standard InChI is InChI=1S/C33H48/c1-4-6-7-8-26-9-11-27(12-10-26)28-13-15-29(16-14-28)30-17-19-31(20-18-30)32-21-24-33(3,23-5-2)25-22-32/h13-20,26-27,32H,4-12,21-25H2,1-3H3. The maximum absolute atomic E-state index is 2.51. The van der Waals surface area contributed by atoms with Crippen molar-refractivity contribution in [1.29, 1.82) is 0 Å². The summed E-state index contributed by atoms with van der Waals surface area (Å²) in [5.74, 6) is 2.55. The Balaban J connectivity index is 1.30. The summed E-state index contributed by atoms with van der Waals surface area (Å²) in [5, 5.41) is 0. The summed E-state index contributed by atoms with van der Waals surface area (Å²) in [6.45, 7) is 7.16. The van der Waals surface area contributed by atoms with Gasteiger partial charge in [0.2, 0.25) is 0 Å². The van der Waals surface area contributed by atoms with Crippen molar-refractivity contribution in [3.8, 4) is 11.1 Å². The highest BCUT2D eigenvalue weighted by molar-refractivity contribution is 5.64. The molecule has 2 saturated carbocycles. The van der Waals surface area contributed by atoms with Gasteiger partial charge in [-0.25, -0.2) is 0 Å². The molecule has 0 N–H and O–H groups in total. The van der Waals surface area contributed by atoms with Crippen LogP contribution in [0.2, 0.25) is 0 Å². The van der Waals surface area contributed by atoms with Gasteiger partial charge in [0.15, 0.2) is 0 Å². The summed E-state index contributed by atoms with van der Waals surface area (Å²) >= 11 is 0. The maximum Gasteiger partial charge on any atom is -0.0162 e. The predicted octanol–water partition coefficient (Wildman–Crippen LogP) is 10.7. The SMILES string of the molecule is CCCCCC1CCC(c2ccc(-c3ccc(C4CCC(C)(CCC)CC4)cc3)cc2)CC1. The van der Waals surface area contributed by atoms with Crippen molar-refractivity contribution >= 4 is 0 Å². The van der Waals surface area contributed by atoms with Crippen LogP contribution < -0.4 is 0 Å². The molecule has 0 aromatic heterocycles. The fourth-order valence-corrected chi connectivity index (χ4v) is 6.86.